The van der Waals surface area contributed by atoms with Crippen LogP contribution in [-0.4, -0.2) is 46.8 Å². The van der Waals surface area contributed by atoms with Crippen LogP contribution in [0.2, 0.25) is 0 Å². The number of carbonyl (C=O) groups excluding carboxylic acids is 1. The molecule has 1 aromatic heterocycles. The first-order chi connectivity index (χ1) is 11.9. The number of rotatable bonds is 3. The van der Waals surface area contributed by atoms with Crippen molar-refractivity contribution >= 4 is 5.91 Å². The van der Waals surface area contributed by atoms with E-state index in [-0.39, 0.29) is 11.7 Å². The smallest absolute Gasteiger partial charge is 0.337 e. The van der Waals surface area contributed by atoms with Crippen molar-refractivity contribution in [3.8, 4) is 5.69 Å². The second-order valence-electron chi connectivity index (χ2n) is 6.03. The molecule has 0 radical (unpaired) electrons. The molecule has 1 amide bonds. The van der Waals surface area contributed by atoms with Gasteiger partial charge in [-0.25, -0.2) is 4.68 Å². The van der Waals surface area contributed by atoms with Gasteiger partial charge in [0.15, 0.2) is 5.69 Å². The van der Waals surface area contributed by atoms with E-state index in [2.05, 4.69) is 10.4 Å². The summed E-state index contributed by atoms with van der Waals surface area (Å²) in [4.78, 5) is 14.2. The van der Waals surface area contributed by atoms with Gasteiger partial charge in [-0.15, -0.1) is 0 Å². The maximum Gasteiger partial charge on any atom is 0.434 e. The number of alkyl halides is 3. The normalized spacial score (nSPS) is 18.4. The molecular formula is C17H19F3N4O. The average Bonchev–Trinajstić information content (AvgIpc) is 3.07. The molecule has 25 heavy (non-hydrogen) atoms. The van der Waals surface area contributed by atoms with Crippen LogP contribution in [0.3, 0.4) is 0 Å². The Morgan fingerprint density at radius 3 is 2.64 bits per heavy atom. The van der Waals surface area contributed by atoms with Gasteiger partial charge in [0.25, 0.3) is 5.91 Å². The molecule has 1 N–H and O–H groups in total. The zero-order valence-electron chi connectivity index (χ0n) is 13.8. The SMILES string of the molecule is CN[C@@H]1CCCN(C(=O)c2cnn(-c3ccccc3)c2C(F)(F)F)C1. The summed E-state index contributed by atoms with van der Waals surface area (Å²) in [5.74, 6) is -0.630. The van der Waals surface area contributed by atoms with E-state index >= 15 is 0 Å². The number of halogens is 3. The molecule has 1 aliphatic rings. The van der Waals surface area contributed by atoms with Crippen molar-refractivity contribution in [3.63, 3.8) is 0 Å². The highest BCUT2D eigenvalue weighted by atomic mass is 19.4. The standard InChI is InChI=1S/C17H19F3N4O/c1-21-12-6-5-9-23(11-12)16(25)14-10-22-24(15(14)17(18,19)20)13-7-3-2-4-8-13/h2-4,7-8,10,12,21H,5-6,9,11H2,1H3/t12-/m1/s1. The van der Waals surface area contributed by atoms with Gasteiger partial charge >= 0.3 is 6.18 Å². The van der Waals surface area contributed by atoms with Crippen LogP contribution in [0.25, 0.3) is 5.69 Å². The third kappa shape index (κ3) is 3.53. The number of nitrogens with zero attached hydrogens (tertiary/aromatic N) is 3. The number of hydrogen-bond acceptors (Lipinski definition) is 3. The van der Waals surface area contributed by atoms with Crippen molar-refractivity contribution < 1.29 is 18.0 Å². The van der Waals surface area contributed by atoms with E-state index in [1.807, 2.05) is 0 Å². The molecule has 0 aliphatic carbocycles. The minimum Gasteiger partial charge on any atom is -0.337 e. The average molecular weight is 352 g/mol. The predicted molar refractivity (Wildman–Crippen MR) is 86.6 cm³/mol. The van der Waals surface area contributed by atoms with E-state index in [9.17, 15) is 18.0 Å². The molecule has 2 aromatic rings. The van der Waals surface area contributed by atoms with Gasteiger partial charge in [-0.2, -0.15) is 18.3 Å². The van der Waals surface area contributed by atoms with Gasteiger partial charge in [-0.05, 0) is 32.0 Å². The Labute approximate surface area is 143 Å². The second-order valence-corrected chi connectivity index (χ2v) is 6.03. The van der Waals surface area contributed by atoms with Crippen LogP contribution in [0.15, 0.2) is 36.5 Å². The fourth-order valence-electron chi connectivity index (χ4n) is 3.11. The van der Waals surface area contributed by atoms with Crippen LogP contribution in [0, 0.1) is 0 Å². The van der Waals surface area contributed by atoms with Crippen LogP contribution in [0.1, 0.15) is 28.9 Å². The van der Waals surface area contributed by atoms with Gasteiger partial charge in [-0.3, -0.25) is 4.79 Å². The highest BCUT2D eigenvalue weighted by molar-refractivity contribution is 5.95. The first-order valence-electron chi connectivity index (χ1n) is 8.09. The number of aromatic nitrogens is 2. The van der Waals surface area contributed by atoms with E-state index < -0.39 is 23.3 Å². The molecule has 2 heterocycles. The Morgan fingerprint density at radius 2 is 2.00 bits per heavy atom. The number of benzene rings is 1. The number of likely N-dealkylation sites (N-methyl/N-ethyl adjacent to an activating group) is 1. The van der Waals surface area contributed by atoms with Crippen molar-refractivity contribution in [3.05, 3.63) is 47.8 Å². The number of amides is 1. The van der Waals surface area contributed by atoms with Crippen LogP contribution in [-0.2, 0) is 6.18 Å². The Bertz CT molecular complexity index is 742. The topological polar surface area (TPSA) is 50.2 Å². The molecule has 0 unspecified atom stereocenters. The van der Waals surface area contributed by atoms with E-state index in [4.69, 9.17) is 0 Å². The molecule has 0 bridgehead atoms. The maximum absolute atomic E-state index is 13.7. The lowest BCUT2D eigenvalue weighted by Gasteiger charge is -2.32. The van der Waals surface area contributed by atoms with Crippen LogP contribution in [0.4, 0.5) is 13.2 Å². The third-order valence-corrected chi connectivity index (χ3v) is 4.39. The molecule has 1 saturated heterocycles. The lowest BCUT2D eigenvalue weighted by Crippen LogP contribution is -2.47. The van der Waals surface area contributed by atoms with Crippen molar-refractivity contribution in [1.82, 2.24) is 20.0 Å². The van der Waals surface area contributed by atoms with Crippen molar-refractivity contribution in [2.75, 3.05) is 20.1 Å². The zero-order valence-corrected chi connectivity index (χ0v) is 13.8. The van der Waals surface area contributed by atoms with E-state index in [1.54, 1.807) is 25.2 Å². The zero-order chi connectivity index (χ0) is 18.0. The Balaban J connectivity index is 1.99. The third-order valence-electron chi connectivity index (χ3n) is 4.39. The first kappa shape index (κ1) is 17.5. The van der Waals surface area contributed by atoms with Gasteiger partial charge in [0.05, 0.1) is 17.4 Å². The number of nitrogens with one attached hydrogen (secondary N) is 1. The fraction of sp³-hybridized carbons (Fsp3) is 0.412. The number of likely N-dealkylation sites (tertiary alicyclic amines) is 1. The summed E-state index contributed by atoms with van der Waals surface area (Å²) >= 11 is 0. The minimum absolute atomic E-state index is 0.0937. The van der Waals surface area contributed by atoms with E-state index in [1.165, 1.54) is 17.0 Å². The molecule has 0 saturated carbocycles. The minimum atomic E-state index is -4.68. The number of carbonyl (C=O) groups is 1. The predicted octanol–water partition coefficient (Wildman–Crippen LogP) is 2.72. The summed E-state index contributed by atoms with van der Waals surface area (Å²) in [6, 6.07) is 8.10. The Morgan fingerprint density at radius 1 is 1.28 bits per heavy atom. The van der Waals surface area contributed by atoms with Crippen molar-refractivity contribution in [1.29, 1.82) is 0 Å². The molecule has 5 nitrogen and oxygen atoms in total. The fourth-order valence-corrected chi connectivity index (χ4v) is 3.11. The summed E-state index contributed by atoms with van der Waals surface area (Å²) in [6.45, 7) is 0.841. The summed E-state index contributed by atoms with van der Waals surface area (Å²) in [5.41, 5.74) is -1.18. The largest absolute Gasteiger partial charge is 0.434 e. The summed E-state index contributed by atoms with van der Waals surface area (Å²) in [6.07, 6.45) is -2.02. The molecule has 1 fully saturated rings. The highest BCUT2D eigenvalue weighted by Gasteiger charge is 2.41. The number of hydrogen-bond donors (Lipinski definition) is 1. The van der Waals surface area contributed by atoms with Gasteiger partial charge in [0.2, 0.25) is 0 Å². The Hall–Kier alpha value is -2.35. The summed E-state index contributed by atoms with van der Waals surface area (Å²) in [7, 11) is 1.78. The second kappa shape index (κ2) is 6.87. The van der Waals surface area contributed by atoms with Gasteiger partial charge in [0, 0.05) is 19.1 Å². The van der Waals surface area contributed by atoms with Crippen molar-refractivity contribution in [2.24, 2.45) is 0 Å². The lowest BCUT2D eigenvalue weighted by molar-refractivity contribution is -0.143. The van der Waals surface area contributed by atoms with E-state index in [0.717, 1.165) is 23.7 Å². The number of piperidine rings is 1. The molecule has 1 aliphatic heterocycles. The molecule has 1 atom stereocenters. The quantitative estimate of drug-likeness (QED) is 0.924. The van der Waals surface area contributed by atoms with E-state index in [0.29, 0.717) is 13.1 Å². The molecule has 1 aromatic carbocycles. The first-order valence-corrected chi connectivity index (χ1v) is 8.09. The lowest BCUT2D eigenvalue weighted by atomic mass is 10.0. The summed E-state index contributed by atoms with van der Waals surface area (Å²) in [5, 5.41) is 6.92. The Kier molecular flexibility index (Phi) is 4.80. The van der Waals surface area contributed by atoms with Crippen LogP contribution < -0.4 is 5.32 Å². The molecule has 3 rings (SSSR count). The van der Waals surface area contributed by atoms with Gasteiger partial charge in [-0.1, -0.05) is 18.2 Å². The molecule has 134 valence electrons. The maximum atomic E-state index is 13.7. The van der Waals surface area contributed by atoms with Gasteiger partial charge in [0.1, 0.15) is 0 Å². The van der Waals surface area contributed by atoms with Crippen LogP contribution >= 0.6 is 0 Å². The van der Waals surface area contributed by atoms with Crippen LogP contribution in [0.5, 0.6) is 0 Å². The van der Waals surface area contributed by atoms with Crippen molar-refractivity contribution in [2.45, 2.75) is 25.1 Å². The number of para-hydroxylation sites is 1. The van der Waals surface area contributed by atoms with Gasteiger partial charge < -0.3 is 10.2 Å². The monoisotopic (exact) mass is 352 g/mol. The molecular weight excluding hydrogens is 333 g/mol. The molecule has 0 spiro atoms. The summed E-state index contributed by atoms with van der Waals surface area (Å²) < 4.78 is 41.7. The molecule has 8 heteroatoms. The highest BCUT2D eigenvalue weighted by Crippen LogP contribution is 2.34.